The predicted octanol–water partition coefficient (Wildman–Crippen LogP) is -0.269. The topological polar surface area (TPSA) is 106 Å². The molecule has 0 heterocycles. The number of sulfone groups is 1. The normalized spacial score (nSPS) is 12.6. The summed E-state index contributed by atoms with van der Waals surface area (Å²) in [5.41, 5.74) is 5.15. The first-order valence-corrected chi connectivity index (χ1v) is 8.39. The molecule has 0 radical (unpaired) electrons. The van der Waals surface area contributed by atoms with E-state index >= 15 is 0 Å². The van der Waals surface area contributed by atoms with Crippen molar-refractivity contribution in [1.29, 1.82) is 0 Å². The van der Waals surface area contributed by atoms with E-state index in [4.69, 9.17) is 5.73 Å². The lowest BCUT2D eigenvalue weighted by Gasteiger charge is -2.09. The smallest absolute Gasteiger partial charge is 0.245 e. The first kappa shape index (κ1) is 14.9. The summed E-state index contributed by atoms with van der Waals surface area (Å²) in [5.74, 6) is -1.36. The second-order valence-corrected chi connectivity index (χ2v) is 7.65. The molecule has 9 heteroatoms. The molecule has 0 atom stereocenters. The monoisotopic (exact) mass is 296 g/mol. The summed E-state index contributed by atoms with van der Waals surface area (Å²) in [5, 5.41) is 0. The van der Waals surface area contributed by atoms with Gasteiger partial charge in [0.05, 0.1) is 11.4 Å². The van der Waals surface area contributed by atoms with Crippen LogP contribution in [0.3, 0.4) is 0 Å². The number of rotatable bonds is 5. The van der Waals surface area contributed by atoms with Gasteiger partial charge in [0.2, 0.25) is 10.0 Å². The average Bonchev–Trinajstić information content (AvgIpc) is 2.13. The Morgan fingerprint density at radius 2 is 1.89 bits per heavy atom. The van der Waals surface area contributed by atoms with Crippen LogP contribution in [-0.4, -0.2) is 35.4 Å². The van der Waals surface area contributed by atoms with E-state index in [1.54, 1.807) is 0 Å². The van der Waals surface area contributed by atoms with Crippen molar-refractivity contribution >= 4 is 25.5 Å². The van der Waals surface area contributed by atoms with Crippen LogP contribution in [0.15, 0.2) is 23.1 Å². The van der Waals surface area contributed by atoms with E-state index in [0.717, 1.165) is 12.3 Å². The van der Waals surface area contributed by atoms with Crippen LogP contribution in [0.4, 0.5) is 10.1 Å². The van der Waals surface area contributed by atoms with Crippen LogP contribution in [-0.2, 0) is 19.9 Å². The van der Waals surface area contributed by atoms with E-state index in [2.05, 4.69) is 0 Å². The largest absolute Gasteiger partial charge is 0.398 e. The van der Waals surface area contributed by atoms with Crippen molar-refractivity contribution in [3.05, 3.63) is 24.0 Å². The molecule has 0 saturated heterocycles. The van der Waals surface area contributed by atoms with Gasteiger partial charge in [0.15, 0.2) is 0 Å². The number of benzene rings is 1. The van der Waals surface area contributed by atoms with E-state index in [9.17, 15) is 21.2 Å². The summed E-state index contributed by atoms with van der Waals surface area (Å²) < 4.78 is 60.6. The Morgan fingerprint density at radius 3 is 2.39 bits per heavy atom. The minimum Gasteiger partial charge on any atom is -0.398 e. The quantitative estimate of drug-likeness (QED) is 0.728. The van der Waals surface area contributed by atoms with Crippen molar-refractivity contribution < 1.29 is 21.2 Å². The van der Waals surface area contributed by atoms with E-state index in [0.29, 0.717) is 0 Å². The average molecular weight is 296 g/mol. The summed E-state index contributed by atoms with van der Waals surface area (Å²) in [7, 11) is -7.46. The molecule has 0 aliphatic heterocycles. The third-order valence-electron chi connectivity index (χ3n) is 2.03. The predicted molar refractivity (Wildman–Crippen MR) is 65.7 cm³/mol. The molecular formula is C9H13FN2O4S2. The van der Waals surface area contributed by atoms with Gasteiger partial charge < -0.3 is 5.73 Å². The van der Waals surface area contributed by atoms with Gasteiger partial charge in [-0.3, -0.25) is 0 Å². The fourth-order valence-corrected chi connectivity index (χ4v) is 3.06. The molecule has 0 spiro atoms. The van der Waals surface area contributed by atoms with Crippen LogP contribution in [0.1, 0.15) is 0 Å². The van der Waals surface area contributed by atoms with Gasteiger partial charge in [0.1, 0.15) is 20.5 Å². The standard InChI is InChI=1S/C9H13FN2O4S2/c1-17(13,14)6-5-12-18(15,16)9-7(10)3-2-4-8(9)11/h2-4,12H,5-6,11H2,1H3. The Kier molecular flexibility index (Phi) is 4.30. The van der Waals surface area contributed by atoms with Gasteiger partial charge in [-0.25, -0.2) is 25.9 Å². The highest BCUT2D eigenvalue weighted by Crippen LogP contribution is 2.20. The second kappa shape index (κ2) is 5.21. The van der Waals surface area contributed by atoms with Gasteiger partial charge >= 0.3 is 0 Å². The fraction of sp³-hybridized carbons (Fsp3) is 0.333. The highest BCUT2D eigenvalue weighted by Gasteiger charge is 2.22. The van der Waals surface area contributed by atoms with Gasteiger partial charge in [-0.1, -0.05) is 6.07 Å². The molecule has 0 aromatic heterocycles. The van der Waals surface area contributed by atoms with Gasteiger partial charge in [-0.2, -0.15) is 0 Å². The first-order valence-electron chi connectivity index (χ1n) is 4.85. The maximum atomic E-state index is 13.4. The number of sulfonamides is 1. The summed E-state index contributed by atoms with van der Waals surface area (Å²) >= 11 is 0. The van der Waals surface area contributed by atoms with E-state index in [-0.39, 0.29) is 18.0 Å². The van der Waals surface area contributed by atoms with Crippen LogP contribution in [0, 0.1) is 5.82 Å². The number of anilines is 1. The molecule has 18 heavy (non-hydrogen) atoms. The molecule has 1 aromatic rings. The molecule has 0 amide bonds. The van der Waals surface area contributed by atoms with Crippen molar-refractivity contribution in [2.24, 2.45) is 0 Å². The molecule has 0 fully saturated rings. The second-order valence-electron chi connectivity index (χ2n) is 3.69. The number of nitrogens with two attached hydrogens (primary N) is 1. The Bertz CT molecular complexity index is 620. The third kappa shape index (κ3) is 3.93. The highest BCUT2D eigenvalue weighted by molar-refractivity contribution is 7.91. The number of nitrogens with one attached hydrogen (secondary N) is 1. The lowest BCUT2D eigenvalue weighted by atomic mass is 10.3. The highest BCUT2D eigenvalue weighted by atomic mass is 32.2. The van der Waals surface area contributed by atoms with Gasteiger partial charge in [-0.15, -0.1) is 0 Å². The van der Waals surface area contributed by atoms with Crippen LogP contribution >= 0.6 is 0 Å². The number of nitrogen functional groups attached to an aromatic ring is 1. The molecule has 0 aliphatic rings. The van der Waals surface area contributed by atoms with Crippen LogP contribution in [0.5, 0.6) is 0 Å². The van der Waals surface area contributed by atoms with Crippen molar-refractivity contribution in [2.75, 3.05) is 24.3 Å². The maximum absolute atomic E-state index is 13.4. The van der Waals surface area contributed by atoms with E-state index in [1.807, 2.05) is 4.72 Å². The molecule has 0 unspecified atom stereocenters. The number of hydrogen-bond acceptors (Lipinski definition) is 5. The third-order valence-corrected chi connectivity index (χ3v) is 4.53. The molecule has 1 aromatic carbocycles. The first-order chi connectivity index (χ1) is 8.13. The molecule has 1 rings (SSSR count). The van der Waals surface area contributed by atoms with Crippen molar-refractivity contribution in [1.82, 2.24) is 4.72 Å². The van der Waals surface area contributed by atoms with Crippen LogP contribution < -0.4 is 10.5 Å². The number of halogens is 1. The summed E-state index contributed by atoms with van der Waals surface area (Å²) in [6.45, 7) is -0.338. The zero-order chi connectivity index (χ0) is 14.0. The SMILES string of the molecule is CS(=O)(=O)CCNS(=O)(=O)c1c(N)cccc1F. The van der Waals surface area contributed by atoms with Crippen molar-refractivity contribution in [2.45, 2.75) is 4.90 Å². The molecule has 0 bridgehead atoms. The maximum Gasteiger partial charge on any atom is 0.245 e. The fourth-order valence-electron chi connectivity index (χ4n) is 1.24. The van der Waals surface area contributed by atoms with Crippen molar-refractivity contribution in [3.63, 3.8) is 0 Å². The molecular weight excluding hydrogens is 283 g/mol. The zero-order valence-electron chi connectivity index (χ0n) is 9.55. The minimum absolute atomic E-state index is 0.234. The Labute approximate surface area is 105 Å². The van der Waals surface area contributed by atoms with Crippen molar-refractivity contribution in [3.8, 4) is 0 Å². The lowest BCUT2D eigenvalue weighted by molar-refractivity contribution is 0.559. The van der Waals surface area contributed by atoms with Gasteiger partial charge in [0, 0.05) is 12.8 Å². The molecule has 0 aliphatic carbocycles. The molecule has 6 nitrogen and oxygen atoms in total. The minimum atomic E-state index is -4.16. The summed E-state index contributed by atoms with van der Waals surface area (Å²) in [6.07, 6.45) is 0.971. The lowest BCUT2D eigenvalue weighted by Crippen LogP contribution is -2.30. The Hall–Kier alpha value is -1.19. The Morgan fingerprint density at radius 1 is 1.28 bits per heavy atom. The number of hydrogen-bond donors (Lipinski definition) is 2. The van der Waals surface area contributed by atoms with Crippen LogP contribution in [0.25, 0.3) is 0 Å². The Balaban J connectivity index is 2.94. The molecule has 3 N–H and O–H groups in total. The summed E-state index contributed by atoms with van der Waals surface area (Å²) in [6, 6.07) is 3.48. The molecule has 102 valence electrons. The van der Waals surface area contributed by atoms with Gasteiger partial charge in [0.25, 0.3) is 0 Å². The van der Waals surface area contributed by atoms with Crippen LogP contribution in [0.2, 0.25) is 0 Å². The van der Waals surface area contributed by atoms with E-state index in [1.165, 1.54) is 12.1 Å². The van der Waals surface area contributed by atoms with E-state index < -0.39 is 30.6 Å². The van der Waals surface area contributed by atoms with Gasteiger partial charge in [-0.05, 0) is 12.1 Å². The molecule has 0 saturated carbocycles. The summed E-state index contributed by atoms with van der Waals surface area (Å²) in [4.78, 5) is -0.668. The zero-order valence-corrected chi connectivity index (χ0v) is 11.2.